The Kier molecular flexibility index (Phi) is 8.04. The van der Waals surface area contributed by atoms with E-state index in [4.69, 9.17) is 0 Å². The zero-order chi connectivity index (χ0) is 26.2. The molecular weight excluding hydrogens is 456 g/mol. The van der Waals surface area contributed by atoms with Crippen molar-refractivity contribution in [3.63, 3.8) is 0 Å². The van der Waals surface area contributed by atoms with Gasteiger partial charge in [-0.3, -0.25) is 0 Å². The van der Waals surface area contributed by atoms with Crippen molar-refractivity contribution in [2.24, 2.45) is 0 Å². The number of rotatable bonds is 4. The SMILES string of the molecule is Cc1ccc(CC2=CC=C(C#Cc3ccc(C#Cc4ccc(Cc5ccc(C)cc5)cc4)cc3)CC2)cc1. The van der Waals surface area contributed by atoms with Crippen molar-refractivity contribution in [1.82, 2.24) is 0 Å². The van der Waals surface area contributed by atoms with Gasteiger partial charge in [-0.05, 0) is 92.6 Å². The standard InChI is InChI=1S/C38H32/c1-29-3-7-35(8-4-29)27-37-23-19-33(20-24-37)17-15-31-11-13-32(14-12-31)16-18-34-21-25-38(26-22-34)28-36-9-5-30(2)6-10-36/h3-14,19-21,23-25H,22,26-28H2,1-2H3. The Bertz CT molecular complexity index is 1570. The van der Waals surface area contributed by atoms with E-state index < -0.39 is 0 Å². The molecule has 0 heterocycles. The third-order valence-corrected chi connectivity index (χ3v) is 6.87. The van der Waals surface area contributed by atoms with Gasteiger partial charge in [0, 0.05) is 22.3 Å². The van der Waals surface area contributed by atoms with Crippen LogP contribution in [0.1, 0.15) is 57.3 Å². The number of aryl methyl sites for hydroxylation is 2. The van der Waals surface area contributed by atoms with E-state index in [-0.39, 0.29) is 0 Å². The zero-order valence-electron chi connectivity index (χ0n) is 22.2. The highest BCUT2D eigenvalue weighted by Crippen LogP contribution is 2.22. The van der Waals surface area contributed by atoms with Crippen LogP contribution in [0.25, 0.3) is 0 Å². The molecule has 4 aromatic carbocycles. The summed E-state index contributed by atoms with van der Waals surface area (Å²) >= 11 is 0. The first kappa shape index (κ1) is 25.1. The molecule has 0 spiro atoms. The quantitative estimate of drug-likeness (QED) is 0.253. The lowest BCUT2D eigenvalue weighted by Gasteiger charge is -2.11. The lowest BCUT2D eigenvalue weighted by Crippen LogP contribution is -1.96. The van der Waals surface area contributed by atoms with Gasteiger partial charge in [0.1, 0.15) is 0 Å². The zero-order valence-corrected chi connectivity index (χ0v) is 22.2. The molecule has 0 N–H and O–H groups in total. The normalized spacial score (nSPS) is 12.4. The van der Waals surface area contributed by atoms with E-state index in [2.05, 4.69) is 147 Å². The third kappa shape index (κ3) is 7.26. The molecule has 184 valence electrons. The van der Waals surface area contributed by atoms with E-state index in [1.54, 1.807) is 0 Å². The Morgan fingerprint density at radius 3 is 1.34 bits per heavy atom. The summed E-state index contributed by atoms with van der Waals surface area (Å²) < 4.78 is 0. The van der Waals surface area contributed by atoms with Gasteiger partial charge in [0.2, 0.25) is 0 Å². The summed E-state index contributed by atoms with van der Waals surface area (Å²) in [6, 6.07) is 34.3. The molecule has 1 aliphatic rings. The minimum Gasteiger partial charge on any atom is -0.0661 e. The maximum Gasteiger partial charge on any atom is 0.0249 e. The largest absolute Gasteiger partial charge is 0.0661 e. The molecule has 0 nitrogen and oxygen atoms in total. The van der Waals surface area contributed by atoms with Crippen LogP contribution in [0, 0.1) is 37.5 Å². The predicted molar refractivity (Wildman–Crippen MR) is 160 cm³/mol. The van der Waals surface area contributed by atoms with Gasteiger partial charge < -0.3 is 0 Å². The Morgan fingerprint density at radius 2 is 0.868 bits per heavy atom. The molecule has 0 bridgehead atoms. The van der Waals surface area contributed by atoms with Crippen LogP contribution in [0.2, 0.25) is 0 Å². The second kappa shape index (κ2) is 12.1. The Balaban J connectivity index is 1.16. The van der Waals surface area contributed by atoms with Gasteiger partial charge in [-0.15, -0.1) is 0 Å². The average molecular weight is 489 g/mol. The fourth-order valence-corrected chi connectivity index (χ4v) is 4.48. The molecule has 38 heavy (non-hydrogen) atoms. The molecule has 0 aliphatic heterocycles. The maximum atomic E-state index is 3.36. The van der Waals surface area contributed by atoms with Gasteiger partial charge in [-0.1, -0.05) is 113 Å². The Hall–Kier alpha value is -4.52. The molecule has 1 aliphatic carbocycles. The van der Waals surface area contributed by atoms with Crippen molar-refractivity contribution in [1.29, 1.82) is 0 Å². The van der Waals surface area contributed by atoms with Crippen molar-refractivity contribution in [2.75, 3.05) is 0 Å². The first-order valence-corrected chi connectivity index (χ1v) is 13.3. The van der Waals surface area contributed by atoms with Crippen LogP contribution in [0.3, 0.4) is 0 Å². The fourth-order valence-electron chi connectivity index (χ4n) is 4.48. The highest BCUT2D eigenvalue weighted by atomic mass is 14.1. The van der Waals surface area contributed by atoms with E-state index in [9.17, 15) is 0 Å². The monoisotopic (exact) mass is 488 g/mol. The summed E-state index contributed by atoms with van der Waals surface area (Å²) in [7, 11) is 0. The molecule has 4 aromatic rings. The highest BCUT2D eigenvalue weighted by Gasteiger charge is 2.06. The minimum atomic E-state index is 0.943. The lowest BCUT2D eigenvalue weighted by molar-refractivity contribution is 0.890. The van der Waals surface area contributed by atoms with Crippen molar-refractivity contribution in [2.45, 2.75) is 39.5 Å². The molecule has 0 unspecified atom stereocenters. The van der Waals surface area contributed by atoms with E-state index in [1.807, 2.05) is 0 Å². The Morgan fingerprint density at radius 1 is 0.447 bits per heavy atom. The molecule has 0 saturated heterocycles. The average Bonchev–Trinajstić information content (AvgIpc) is 2.95. The summed E-state index contributed by atoms with van der Waals surface area (Å²) in [5, 5.41) is 0. The summed E-state index contributed by atoms with van der Waals surface area (Å²) in [5.74, 6) is 13.2. The topological polar surface area (TPSA) is 0 Å². The van der Waals surface area contributed by atoms with Gasteiger partial charge in [0.05, 0.1) is 0 Å². The van der Waals surface area contributed by atoms with Crippen LogP contribution >= 0.6 is 0 Å². The van der Waals surface area contributed by atoms with Crippen molar-refractivity contribution < 1.29 is 0 Å². The van der Waals surface area contributed by atoms with Crippen LogP contribution in [0.15, 0.2) is 120 Å². The molecule has 0 saturated carbocycles. The van der Waals surface area contributed by atoms with Crippen LogP contribution in [-0.4, -0.2) is 0 Å². The summed E-state index contributed by atoms with van der Waals surface area (Å²) in [4.78, 5) is 0. The lowest BCUT2D eigenvalue weighted by atomic mass is 9.93. The number of hydrogen-bond donors (Lipinski definition) is 0. The smallest absolute Gasteiger partial charge is 0.0249 e. The van der Waals surface area contributed by atoms with Crippen LogP contribution in [-0.2, 0) is 12.8 Å². The van der Waals surface area contributed by atoms with E-state index in [1.165, 1.54) is 39.0 Å². The van der Waals surface area contributed by atoms with Gasteiger partial charge >= 0.3 is 0 Å². The van der Waals surface area contributed by atoms with Crippen LogP contribution in [0.5, 0.6) is 0 Å². The first-order valence-electron chi connectivity index (χ1n) is 13.3. The summed E-state index contributed by atoms with van der Waals surface area (Å²) in [6.07, 6.45) is 8.50. The highest BCUT2D eigenvalue weighted by molar-refractivity contribution is 5.48. The van der Waals surface area contributed by atoms with Gasteiger partial charge in [0.25, 0.3) is 0 Å². The van der Waals surface area contributed by atoms with Gasteiger partial charge in [0.15, 0.2) is 0 Å². The fraction of sp³-hybridized carbons (Fsp3) is 0.158. The van der Waals surface area contributed by atoms with Crippen molar-refractivity contribution >= 4 is 0 Å². The van der Waals surface area contributed by atoms with Crippen LogP contribution < -0.4 is 0 Å². The molecule has 5 rings (SSSR count). The van der Waals surface area contributed by atoms with Gasteiger partial charge in [-0.25, -0.2) is 0 Å². The van der Waals surface area contributed by atoms with Gasteiger partial charge in [-0.2, -0.15) is 0 Å². The Labute approximate surface area is 227 Å². The summed E-state index contributed by atoms with van der Waals surface area (Å²) in [5.41, 5.74) is 12.3. The van der Waals surface area contributed by atoms with Crippen molar-refractivity contribution in [3.05, 3.63) is 165 Å². The molecule has 0 radical (unpaired) electrons. The maximum absolute atomic E-state index is 3.36. The van der Waals surface area contributed by atoms with Crippen molar-refractivity contribution in [3.8, 4) is 23.7 Å². The second-order valence-corrected chi connectivity index (χ2v) is 10.1. The molecule has 0 heteroatoms. The third-order valence-electron chi connectivity index (χ3n) is 6.87. The number of allylic oxidation sites excluding steroid dienone is 4. The molecule has 0 fully saturated rings. The predicted octanol–water partition coefficient (Wildman–Crippen LogP) is 8.53. The second-order valence-electron chi connectivity index (χ2n) is 10.1. The van der Waals surface area contributed by atoms with E-state index in [0.717, 1.165) is 42.4 Å². The number of benzene rings is 4. The van der Waals surface area contributed by atoms with E-state index in [0.29, 0.717) is 0 Å². The molecule has 0 atom stereocenters. The minimum absolute atomic E-state index is 0.943. The van der Waals surface area contributed by atoms with E-state index >= 15 is 0 Å². The van der Waals surface area contributed by atoms with Crippen LogP contribution in [0.4, 0.5) is 0 Å². The summed E-state index contributed by atoms with van der Waals surface area (Å²) in [6.45, 7) is 4.25. The molecule has 0 amide bonds. The molecule has 0 aromatic heterocycles. The molecular formula is C38H32. The number of hydrogen-bond acceptors (Lipinski definition) is 0. The first-order chi connectivity index (χ1) is 18.6.